The van der Waals surface area contributed by atoms with Crippen molar-refractivity contribution in [2.75, 3.05) is 23.3 Å². The predicted molar refractivity (Wildman–Crippen MR) is 113 cm³/mol. The minimum absolute atomic E-state index is 0.121. The molecule has 1 N–H and O–H groups in total. The Morgan fingerprint density at radius 3 is 2.39 bits per heavy atom. The van der Waals surface area contributed by atoms with Crippen molar-refractivity contribution >= 4 is 17.3 Å². The van der Waals surface area contributed by atoms with Crippen molar-refractivity contribution in [3.05, 3.63) is 66.1 Å². The molecule has 2 aromatic heterocycles. The number of amides is 1. The third kappa shape index (κ3) is 4.06. The smallest absolute Gasteiger partial charge is 0.259 e. The third-order valence-corrected chi connectivity index (χ3v) is 4.72. The Morgan fingerprint density at radius 1 is 1.11 bits per heavy atom. The van der Waals surface area contributed by atoms with E-state index in [-0.39, 0.29) is 11.8 Å². The average Bonchev–Trinajstić information content (AvgIpc) is 3.16. The zero-order valence-corrected chi connectivity index (χ0v) is 16.9. The standard InChI is InChI=1S/C22H27N5O/c1-5-26(6-2)18-12-10-17(11-13-18)25-22(28)19-15-24-27(21(19)16(3)4)20-9-7-8-14-23-20/h7-16H,5-6H2,1-4H3,(H,25,28). The van der Waals surface area contributed by atoms with Crippen LogP contribution in [0.2, 0.25) is 0 Å². The maximum atomic E-state index is 12.9. The van der Waals surface area contributed by atoms with Crippen LogP contribution in [0.4, 0.5) is 11.4 Å². The molecule has 1 aromatic carbocycles. The summed E-state index contributed by atoms with van der Waals surface area (Å²) in [6.45, 7) is 10.3. The molecule has 2 heterocycles. The first-order valence-electron chi connectivity index (χ1n) is 9.70. The first-order valence-corrected chi connectivity index (χ1v) is 9.70. The molecule has 0 atom stereocenters. The Kier molecular flexibility index (Phi) is 6.09. The molecule has 0 spiro atoms. The maximum absolute atomic E-state index is 12.9. The van der Waals surface area contributed by atoms with Crippen LogP contribution in [0.3, 0.4) is 0 Å². The van der Waals surface area contributed by atoms with E-state index in [9.17, 15) is 4.79 Å². The van der Waals surface area contributed by atoms with Crippen LogP contribution in [-0.4, -0.2) is 33.8 Å². The molecule has 0 bridgehead atoms. The highest BCUT2D eigenvalue weighted by molar-refractivity contribution is 6.05. The zero-order chi connectivity index (χ0) is 20.1. The highest BCUT2D eigenvalue weighted by Crippen LogP contribution is 2.24. The summed E-state index contributed by atoms with van der Waals surface area (Å²) in [6.07, 6.45) is 3.34. The summed E-state index contributed by atoms with van der Waals surface area (Å²) < 4.78 is 1.74. The summed E-state index contributed by atoms with van der Waals surface area (Å²) in [5.74, 6) is 0.658. The van der Waals surface area contributed by atoms with Crippen molar-refractivity contribution in [3.63, 3.8) is 0 Å². The van der Waals surface area contributed by atoms with Gasteiger partial charge in [-0.25, -0.2) is 9.67 Å². The number of carbonyl (C=O) groups excluding carboxylic acids is 1. The monoisotopic (exact) mass is 377 g/mol. The van der Waals surface area contributed by atoms with Gasteiger partial charge in [0.15, 0.2) is 5.82 Å². The van der Waals surface area contributed by atoms with Gasteiger partial charge in [0.25, 0.3) is 5.91 Å². The molecular weight excluding hydrogens is 350 g/mol. The highest BCUT2D eigenvalue weighted by Gasteiger charge is 2.21. The average molecular weight is 377 g/mol. The van der Waals surface area contributed by atoms with Gasteiger partial charge >= 0.3 is 0 Å². The Balaban J connectivity index is 1.84. The van der Waals surface area contributed by atoms with Crippen LogP contribution in [0.1, 0.15) is 49.7 Å². The second kappa shape index (κ2) is 8.69. The number of hydrogen-bond donors (Lipinski definition) is 1. The molecule has 0 aliphatic heterocycles. The van der Waals surface area contributed by atoms with E-state index < -0.39 is 0 Å². The van der Waals surface area contributed by atoms with Crippen LogP contribution >= 0.6 is 0 Å². The third-order valence-electron chi connectivity index (χ3n) is 4.72. The number of nitrogens with zero attached hydrogens (tertiary/aromatic N) is 4. The molecule has 0 saturated heterocycles. The Hall–Kier alpha value is -3.15. The number of hydrogen-bond acceptors (Lipinski definition) is 4. The molecule has 0 unspecified atom stereocenters. The van der Waals surface area contributed by atoms with Gasteiger partial charge < -0.3 is 10.2 Å². The summed E-state index contributed by atoms with van der Waals surface area (Å²) >= 11 is 0. The van der Waals surface area contributed by atoms with Gasteiger partial charge in [0.2, 0.25) is 0 Å². The number of aromatic nitrogens is 3. The van der Waals surface area contributed by atoms with Crippen molar-refractivity contribution in [1.82, 2.24) is 14.8 Å². The van der Waals surface area contributed by atoms with E-state index >= 15 is 0 Å². The van der Waals surface area contributed by atoms with Gasteiger partial charge in [-0.2, -0.15) is 5.10 Å². The Bertz CT molecular complexity index is 912. The maximum Gasteiger partial charge on any atom is 0.259 e. The molecule has 6 nitrogen and oxygen atoms in total. The topological polar surface area (TPSA) is 63.1 Å². The Morgan fingerprint density at radius 2 is 1.82 bits per heavy atom. The molecule has 3 rings (SSSR count). The van der Waals surface area contributed by atoms with Crippen molar-refractivity contribution in [3.8, 4) is 5.82 Å². The van der Waals surface area contributed by atoms with Gasteiger partial charge in [-0.05, 0) is 56.2 Å². The summed E-state index contributed by atoms with van der Waals surface area (Å²) in [7, 11) is 0. The lowest BCUT2D eigenvalue weighted by Gasteiger charge is -2.21. The van der Waals surface area contributed by atoms with E-state index in [1.807, 2.05) is 56.3 Å². The lowest BCUT2D eigenvalue weighted by molar-refractivity contribution is 0.102. The van der Waals surface area contributed by atoms with E-state index in [0.29, 0.717) is 11.4 Å². The van der Waals surface area contributed by atoms with Gasteiger partial charge in [0.05, 0.1) is 17.5 Å². The number of benzene rings is 1. The van der Waals surface area contributed by atoms with E-state index in [2.05, 4.69) is 34.1 Å². The van der Waals surface area contributed by atoms with Gasteiger partial charge in [-0.3, -0.25) is 4.79 Å². The van der Waals surface area contributed by atoms with Crippen LogP contribution < -0.4 is 10.2 Å². The molecular formula is C22H27N5O. The zero-order valence-electron chi connectivity index (χ0n) is 16.9. The van der Waals surface area contributed by atoms with Crippen LogP contribution in [0.25, 0.3) is 5.82 Å². The fourth-order valence-electron chi connectivity index (χ4n) is 3.29. The first-order chi connectivity index (χ1) is 13.5. The largest absolute Gasteiger partial charge is 0.372 e. The minimum Gasteiger partial charge on any atom is -0.372 e. The summed E-state index contributed by atoms with van der Waals surface area (Å²) in [6, 6.07) is 13.6. The lowest BCUT2D eigenvalue weighted by atomic mass is 10.1. The van der Waals surface area contributed by atoms with Crippen molar-refractivity contribution in [2.24, 2.45) is 0 Å². The molecule has 0 saturated carbocycles. The van der Waals surface area contributed by atoms with Crippen molar-refractivity contribution in [2.45, 2.75) is 33.6 Å². The summed E-state index contributed by atoms with van der Waals surface area (Å²) in [5.41, 5.74) is 3.32. The SMILES string of the molecule is CCN(CC)c1ccc(NC(=O)c2cnn(-c3ccccn3)c2C(C)C)cc1. The number of pyridine rings is 1. The van der Waals surface area contributed by atoms with Crippen LogP contribution in [0.5, 0.6) is 0 Å². The fourth-order valence-corrected chi connectivity index (χ4v) is 3.29. The van der Waals surface area contributed by atoms with E-state index in [1.165, 1.54) is 0 Å². The minimum atomic E-state index is -0.165. The second-order valence-corrected chi connectivity index (χ2v) is 6.87. The molecule has 0 radical (unpaired) electrons. The highest BCUT2D eigenvalue weighted by atomic mass is 16.1. The van der Waals surface area contributed by atoms with Crippen LogP contribution in [0.15, 0.2) is 54.9 Å². The molecule has 0 aliphatic carbocycles. The number of nitrogens with one attached hydrogen (secondary N) is 1. The quantitative estimate of drug-likeness (QED) is 0.659. The molecule has 6 heteroatoms. The second-order valence-electron chi connectivity index (χ2n) is 6.87. The Labute approximate surface area is 166 Å². The molecule has 146 valence electrons. The van der Waals surface area contributed by atoms with Crippen molar-refractivity contribution < 1.29 is 4.79 Å². The molecule has 28 heavy (non-hydrogen) atoms. The number of anilines is 2. The van der Waals surface area contributed by atoms with Gasteiger partial charge in [-0.15, -0.1) is 0 Å². The van der Waals surface area contributed by atoms with E-state index in [1.54, 1.807) is 17.1 Å². The van der Waals surface area contributed by atoms with E-state index in [4.69, 9.17) is 0 Å². The van der Waals surface area contributed by atoms with E-state index in [0.717, 1.165) is 30.2 Å². The summed E-state index contributed by atoms with van der Waals surface area (Å²) in [4.78, 5) is 19.5. The van der Waals surface area contributed by atoms with Gasteiger partial charge in [0, 0.05) is 30.7 Å². The molecule has 0 fully saturated rings. The fraction of sp³-hybridized carbons (Fsp3) is 0.318. The van der Waals surface area contributed by atoms with Gasteiger partial charge in [-0.1, -0.05) is 19.9 Å². The predicted octanol–water partition coefficient (Wildman–Crippen LogP) is 4.49. The normalized spacial score (nSPS) is 10.9. The molecule has 0 aliphatic rings. The van der Waals surface area contributed by atoms with Crippen LogP contribution in [0, 0.1) is 0 Å². The lowest BCUT2D eigenvalue weighted by Crippen LogP contribution is -2.21. The number of rotatable bonds is 7. The molecule has 1 amide bonds. The first kappa shape index (κ1) is 19.6. The van der Waals surface area contributed by atoms with Crippen LogP contribution in [-0.2, 0) is 0 Å². The molecule has 3 aromatic rings. The number of carbonyl (C=O) groups is 1. The van der Waals surface area contributed by atoms with Gasteiger partial charge in [0.1, 0.15) is 0 Å². The summed E-state index contributed by atoms with van der Waals surface area (Å²) in [5, 5.41) is 7.41. The van der Waals surface area contributed by atoms with Crippen molar-refractivity contribution in [1.29, 1.82) is 0 Å².